The minimum Gasteiger partial charge on any atom is -0.296 e. The van der Waals surface area contributed by atoms with Crippen LogP contribution in [0.2, 0.25) is 0 Å². The molecule has 1 aliphatic rings. The summed E-state index contributed by atoms with van der Waals surface area (Å²) in [6.45, 7) is 4.00. The van der Waals surface area contributed by atoms with Crippen molar-refractivity contribution in [2.75, 3.05) is 5.32 Å². The number of fused-ring (bicyclic) bond motifs is 3. The molecule has 0 saturated heterocycles. The highest BCUT2D eigenvalue weighted by molar-refractivity contribution is 7.16. The quantitative estimate of drug-likeness (QED) is 0.624. The van der Waals surface area contributed by atoms with Gasteiger partial charge < -0.3 is 0 Å². The fourth-order valence-corrected chi connectivity index (χ4v) is 3.87. The van der Waals surface area contributed by atoms with Gasteiger partial charge in [-0.05, 0) is 25.5 Å². The molecule has 116 valence electrons. The van der Waals surface area contributed by atoms with Crippen LogP contribution in [0.5, 0.6) is 0 Å². The molecule has 4 rings (SSSR count). The minimum absolute atomic E-state index is 0.138. The molecular formula is C17H16N4OS. The molecule has 1 N–H and O–H groups in total. The van der Waals surface area contributed by atoms with Crippen molar-refractivity contribution in [2.45, 2.75) is 26.3 Å². The Hall–Kier alpha value is -2.47. The Morgan fingerprint density at radius 3 is 2.96 bits per heavy atom. The second kappa shape index (κ2) is 5.31. The molecule has 5 nitrogen and oxygen atoms in total. The first-order chi connectivity index (χ1) is 11.1. The summed E-state index contributed by atoms with van der Waals surface area (Å²) in [5.41, 5.74) is 4.03. The van der Waals surface area contributed by atoms with Crippen LogP contribution in [0.4, 0.5) is 5.13 Å². The SMILES string of the molecule is CC(C)n1nccc1C(=O)Nc1nc2c(s1)Cc1ccccc1-2. The lowest BCUT2D eigenvalue weighted by Crippen LogP contribution is -2.18. The van der Waals surface area contributed by atoms with Crippen LogP contribution < -0.4 is 5.32 Å². The van der Waals surface area contributed by atoms with Crippen LogP contribution in [-0.2, 0) is 6.42 Å². The third kappa shape index (κ3) is 2.35. The lowest BCUT2D eigenvalue weighted by molar-refractivity contribution is 0.101. The van der Waals surface area contributed by atoms with E-state index in [1.807, 2.05) is 26.0 Å². The summed E-state index contributed by atoms with van der Waals surface area (Å²) in [5, 5.41) is 7.75. The predicted molar refractivity (Wildman–Crippen MR) is 90.9 cm³/mol. The number of anilines is 1. The van der Waals surface area contributed by atoms with Crippen molar-refractivity contribution in [2.24, 2.45) is 0 Å². The van der Waals surface area contributed by atoms with E-state index >= 15 is 0 Å². The van der Waals surface area contributed by atoms with Crippen molar-refractivity contribution < 1.29 is 4.79 Å². The van der Waals surface area contributed by atoms with E-state index < -0.39 is 0 Å². The summed E-state index contributed by atoms with van der Waals surface area (Å²) in [6.07, 6.45) is 2.54. The van der Waals surface area contributed by atoms with Gasteiger partial charge >= 0.3 is 0 Å². The van der Waals surface area contributed by atoms with E-state index in [0.29, 0.717) is 10.8 Å². The number of nitrogens with one attached hydrogen (secondary N) is 1. The standard InChI is InChI=1S/C17H16N4OS/c1-10(2)21-13(7-8-18-21)16(22)20-17-19-15-12-6-4-3-5-11(12)9-14(15)23-17/h3-8,10H,9H2,1-2H3,(H,19,20,22). The van der Waals surface area contributed by atoms with E-state index in [-0.39, 0.29) is 11.9 Å². The van der Waals surface area contributed by atoms with E-state index in [1.54, 1.807) is 28.3 Å². The zero-order valence-electron chi connectivity index (χ0n) is 12.9. The molecule has 1 amide bonds. The highest BCUT2D eigenvalue weighted by atomic mass is 32.1. The topological polar surface area (TPSA) is 59.8 Å². The molecule has 0 saturated carbocycles. The number of nitrogens with zero attached hydrogens (tertiary/aromatic N) is 3. The molecule has 0 radical (unpaired) electrons. The monoisotopic (exact) mass is 324 g/mol. The summed E-state index contributed by atoms with van der Waals surface area (Å²) >= 11 is 1.55. The molecule has 1 aliphatic carbocycles. The molecule has 1 aromatic carbocycles. The van der Waals surface area contributed by atoms with E-state index in [4.69, 9.17) is 0 Å². The number of aromatic nitrogens is 3. The zero-order valence-corrected chi connectivity index (χ0v) is 13.7. The number of hydrogen-bond donors (Lipinski definition) is 1. The largest absolute Gasteiger partial charge is 0.296 e. The van der Waals surface area contributed by atoms with Crippen molar-refractivity contribution in [3.05, 3.63) is 52.7 Å². The molecule has 0 fully saturated rings. The lowest BCUT2D eigenvalue weighted by atomic mass is 10.1. The Morgan fingerprint density at radius 2 is 2.13 bits per heavy atom. The van der Waals surface area contributed by atoms with Gasteiger partial charge in [0, 0.05) is 29.1 Å². The Kier molecular flexibility index (Phi) is 3.27. The lowest BCUT2D eigenvalue weighted by Gasteiger charge is -2.09. The molecular weight excluding hydrogens is 308 g/mol. The van der Waals surface area contributed by atoms with Crippen LogP contribution in [0.15, 0.2) is 36.5 Å². The third-order valence-corrected chi connectivity index (χ3v) is 4.90. The minimum atomic E-state index is -0.170. The van der Waals surface area contributed by atoms with Crippen LogP contribution in [0, 0.1) is 0 Å². The first kappa shape index (κ1) is 14.1. The van der Waals surface area contributed by atoms with Crippen molar-refractivity contribution in [1.82, 2.24) is 14.8 Å². The van der Waals surface area contributed by atoms with Crippen LogP contribution in [-0.4, -0.2) is 20.7 Å². The Morgan fingerprint density at radius 1 is 1.30 bits per heavy atom. The maximum Gasteiger partial charge on any atom is 0.275 e. The van der Waals surface area contributed by atoms with E-state index in [0.717, 1.165) is 12.1 Å². The molecule has 0 unspecified atom stereocenters. The Balaban J connectivity index is 1.60. The molecule has 0 bridgehead atoms. The summed E-state index contributed by atoms with van der Waals surface area (Å²) < 4.78 is 1.71. The van der Waals surface area contributed by atoms with Crippen LogP contribution in [0.25, 0.3) is 11.3 Å². The maximum atomic E-state index is 12.5. The van der Waals surface area contributed by atoms with Gasteiger partial charge in [-0.3, -0.25) is 14.8 Å². The zero-order chi connectivity index (χ0) is 16.0. The summed E-state index contributed by atoms with van der Waals surface area (Å²) in [5.74, 6) is -0.170. The van der Waals surface area contributed by atoms with E-state index in [2.05, 4.69) is 27.5 Å². The van der Waals surface area contributed by atoms with Gasteiger partial charge in [0.2, 0.25) is 0 Å². The predicted octanol–water partition coefficient (Wildman–Crippen LogP) is 3.74. The van der Waals surface area contributed by atoms with Gasteiger partial charge in [0.05, 0.1) is 5.69 Å². The van der Waals surface area contributed by atoms with Gasteiger partial charge in [-0.25, -0.2) is 4.98 Å². The number of carbonyl (C=O) groups is 1. The highest BCUT2D eigenvalue weighted by Crippen LogP contribution is 2.40. The summed E-state index contributed by atoms with van der Waals surface area (Å²) in [4.78, 5) is 18.3. The third-order valence-electron chi connectivity index (χ3n) is 3.93. The average Bonchev–Trinajstić information content (AvgIpc) is 3.20. The molecule has 0 spiro atoms. The normalized spacial score (nSPS) is 12.3. The van der Waals surface area contributed by atoms with Gasteiger partial charge in [-0.2, -0.15) is 5.10 Å². The maximum absolute atomic E-state index is 12.5. The molecule has 23 heavy (non-hydrogen) atoms. The fourth-order valence-electron chi connectivity index (χ4n) is 2.88. The van der Waals surface area contributed by atoms with Crippen molar-refractivity contribution >= 4 is 22.4 Å². The van der Waals surface area contributed by atoms with Crippen LogP contribution >= 0.6 is 11.3 Å². The Bertz CT molecular complexity index is 894. The van der Waals surface area contributed by atoms with Crippen molar-refractivity contribution in [3.8, 4) is 11.3 Å². The molecule has 0 aliphatic heterocycles. The van der Waals surface area contributed by atoms with Gasteiger partial charge in [-0.15, -0.1) is 11.3 Å². The number of hydrogen-bond acceptors (Lipinski definition) is 4. The molecule has 6 heteroatoms. The number of benzene rings is 1. The van der Waals surface area contributed by atoms with Crippen LogP contribution in [0.3, 0.4) is 0 Å². The molecule has 0 atom stereocenters. The van der Waals surface area contributed by atoms with E-state index in [9.17, 15) is 4.79 Å². The highest BCUT2D eigenvalue weighted by Gasteiger charge is 2.24. The second-order valence-corrected chi connectivity index (χ2v) is 6.92. The fraction of sp³-hybridized carbons (Fsp3) is 0.235. The molecule has 3 aromatic rings. The first-order valence-electron chi connectivity index (χ1n) is 7.56. The number of rotatable bonds is 3. The Labute approximate surface area is 138 Å². The summed E-state index contributed by atoms with van der Waals surface area (Å²) in [7, 11) is 0. The number of amides is 1. The molecule has 2 aromatic heterocycles. The van der Waals surface area contributed by atoms with Gasteiger partial charge in [-0.1, -0.05) is 24.3 Å². The number of carbonyl (C=O) groups excluding carboxylic acids is 1. The van der Waals surface area contributed by atoms with Crippen molar-refractivity contribution in [1.29, 1.82) is 0 Å². The van der Waals surface area contributed by atoms with Crippen molar-refractivity contribution in [3.63, 3.8) is 0 Å². The van der Waals surface area contributed by atoms with Gasteiger partial charge in [0.15, 0.2) is 5.13 Å². The van der Waals surface area contributed by atoms with E-state index in [1.165, 1.54) is 16.0 Å². The number of thiazole rings is 1. The second-order valence-electron chi connectivity index (χ2n) is 5.83. The smallest absolute Gasteiger partial charge is 0.275 e. The van der Waals surface area contributed by atoms with Gasteiger partial charge in [0.25, 0.3) is 5.91 Å². The average molecular weight is 324 g/mol. The van der Waals surface area contributed by atoms with Crippen LogP contribution in [0.1, 0.15) is 40.8 Å². The van der Waals surface area contributed by atoms with Gasteiger partial charge in [0.1, 0.15) is 5.69 Å². The molecule has 2 heterocycles. The first-order valence-corrected chi connectivity index (χ1v) is 8.38. The summed E-state index contributed by atoms with van der Waals surface area (Å²) in [6, 6.07) is 10.1.